The van der Waals surface area contributed by atoms with Crippen molar-refractivity contribution in [3.8, 4) is 0 Å². The van der Waals surface area contributed by atoms with Crippen LogP contribution in [-0.4, -0.2) is 47.4 Å². The van der Waals surface area contributed by atoms with Crippen molar-refractivity contribution in [2.45, 2.75) is 366 Å². The zero-order valence-electron chi connectivity index (χ0n) is 48.0. The van der Waals surface area contributed by atoms with Crippen LogP contribution in [0.3, 0.4) is 0 Å². The Balaban J connectivity index is 3.42. The van der Waals surface area contributed by atoms with Gasteiger partial charge in [-0.05, 0) is 57.8 Å². The lowest BCUT2D eigenvalue weighted by Crippen LogP contribution is -2.45. The third-order valence-corrected chi connectivity index (χ3v) is 15.0. The third kappa shape index (κ3) is 57.5. The highest BCUT2D eigenvalue weighted by atomic mass is 16.5. The molecule has 6 heteroatoms. The molecule has 3 N–H and O–H groups in total. The number of ether oxygens (including phenoxy) is 1. The topological polar surface area (TPSA) is 95.9 Å². The summed E-state index contributed by atoms with van der Waals surface area (Å²) in [7, 11) is 0. The van der Waals surface area contributed by atoms with Crippen molar-refractivity contribution in [3.63, 3.8) is 0 Å². The highest BCUT2D eigenvalue weighted by Crippen LogP contribution is 2.18. The largest absolute Gasteiger partial charge is 0.466 e. The third-order valence-electron chi connectivity index (χ3n) is 15.0. The van der Waals surface area contributed by atoms with Crippen LogP contribution in [0.25, 0.3) is 0 Å². The Labute approximate surface area is 443 Å². The maximum atomic E-state index is 12.5. The molecule has 0 aliphatic carbocycles. The van der Waals surface area contributed by atoms with E-state index in [0.29, 0.717) is 25.9 Å². The van der Waals surface area contributed by atoms with Crippen LogP contribution in [0.1, 0.15) is 354 Å². The van der Waals surface area contributed by atoms with Crippen molar-refractivity contribution in [2.75, 3.05) is 13.2 Å². The van der Waals surface area contributed by atoms with Crippen molar-refractivity contribution in [3.05, 3.63) is 24.3 Å². The van der Waals surface area contributed by atoms with Gasteiger partial charge < -0.3 is 20.3 Å². The van der Waals surface area contributed by atoms with E-state index in [4.69, 9.17) is 4.74 Å². The van der Waals surface area contributed by atoms with Crippen LogP contribution in [0.15, 0.2) is 24.3 Å². The van der Waals surface area contributed by atoms with E-state index >= 15 is 0 Å². The fourth-order valence-corrected chi connectivity index (χ4v) is 10.1. The molecule has 420 valence electrons. The Morgan fingerprint density at radius 2 is 0.704 bits per heavy atom. The summed E-state index contributed by atoms with van der Waals surface area (Å²) in [5.74, 6) is -0.0420. The molecule has 0 aliphatic rings. The summed E-state index contributed by atoms with van der Waals surface area (Å²) in [6.07, 6.45) is 74.7. The van der Waals surface area contributed by atoms with Gasteiger partial charge in [-0.1, -0.05) is 308 Å². The second-order valence-corrected chi connectivity index (χ2v) is 22.1. The van der Waals surface area contributed by atoms with Crippen LogP contribution < -0.4 is 5.32 Å². The maximum Gasteiger partial charge on any atom is 0.305 e. The van der Waals surface area contributed by atoms with E-state index in [0.717, 1.165) is 51.4 Å². The first-order chi connectivity index (χ1) is 35.0. The van der Waals surface area contributed by atoms with E-state index < -0.39 is 12.1 Å². The van der Waals surface area contributed by atoms with Gasteiger partial charge in [0.25, 0.3) is 0 Å². The predicted octanol–water partition coefficient (Wildman–Crippen LogP) is 20.2. The van der Waals surface area contributed by atoms with Gasteiger partial charge in [-0.15, -0.1) is 0 Å². The molecule has 1 amide bonds. The highest BCUT2D eigenvalue weighted by molar-refractivity contribution is 5.76. The number of aliphatic hydroxyl groups is 2. The molecule has 0 radical (unpaired) electrons. The van der Waals surface area contributed by atoms with Gasteiger partial charge in [0.05, 0.1) is 25.4 Å². The molecule has 0 rings (SSSR count). The van der Waals surface area contributed by atoms with Crippen LogP contribution >= 0.6 is 0 Å². The van der Waals surface area contributed by atoms with Gasteiger partial charge in [0, 0.05) is 12.8 Å². The van der Waals surface area contributed by atoms with Gasteiger partial charge in [0.1, 0.15) is 0 Å². The Kier molecular flexibility index (Phi) is 59.5. The first-order valence-corrected chi connectivity index (χ1v) is 32.1. The number of carbonyl (C=O) groups excluding carboxylic acids is 2. The SMILES string of the molecule is CCCCC/C=C\C/C=C\CCCCCCCCCC(=O)OCCCCCCCCCCCCCCCCCCC(=O)NC(CO)C(O)CCCCCCCCCCCCCCCCCCCCCCC. The first-order valence-electron chi connectivity index (χ1n) is 32.1. The summed E-state index contributed by atoms with van der Waals surface area (Å²) in [5.41, 5.74) is 0. The molecule has 0 aromatic carbocycles. The average molecular weight is 1000 g/mol. The Morgan fingerprint density at radius 3 is 1.10 bits per heavy atom. The van der Waals surface area contributed by atoms with Gasteiger partial charge in [0.2, 0.25) is 5.91 Å². The second kappa shape index (κ2) is 60.9. The second-order valence-electron chi connectivity index (χ2n) is 22.1. The molecule has 71 heavy (non-hydrogen) atoms. The normalized spacial score (nSPS) is 12.7. The zero-order valence-corrected chi connectivity index (χ0v) is 48.0. The van der Waals surface area contributed by atoms with Gasteiger partial charge >= 0.3 is 5.97 Å². The molecule has 2 atom stereocenters. The number of aliphatic hydroxyl groups excluding tert-OH is 2. The van der Waals surface area contributed by atoms with Crippen molar-refractivity contribution in [2.24, 2.45) is 0 Å². The molecule has 6 nitrogen and oxygen atoms in total. The number of carbonyl (C=O) groups is 2. The van der Waals surface area contributed by atoms with Crippen molar-refractivity contribution in [1.29, 1.82) is 0 Å². The lowest BCUT2D eigenvalue weighted by atomic mass is 10.0. The van der Waals surface area contributed by atoms with Gasteiger partial charge in [0.15, 0.2) is 0 Å². The number of nitrogens with one attached hydrogen (secondary N) is 1. The van der Waals surface area contributed by atoms with Crippen LogP contribution in [0.4, 0.5) is 0 Å². The molecular formula is C65H125NO5. The number of unbranched alkanes of at least 4 members (excludes halogenated alkanes) is 45. The van der Waals surface area contributed by atoms with Crippen LogP contribution in [0.5, 0.6) is 0 Å². The molecule has 2 unspecified atom stereocenters. The smallest absolute Gasteiger partial charge is 0.305 e. The Bertz CT molecular complexity index is 1110. The quantitative estimate of drug-likeness (QED) is 0.0320. The van der Waals surface area contributed by atoms with Crippen LogP contribution in [0.2, 0.25) is 0 Å². The minimum Gasteiger partial charge on any atom is -0.466 e. The molecule has 0 spiro atoms. The van der Waals surface area contributed by atoms with E-state index in [1.54, 1.807) is 0 Å². The highest BCUT2D eigenvalue weighted by Gasteiger charge is 2.20. The van der Waals surface area contributed by atoms with E-state index in [1.165, 1.54) is 270 Å². The van der Waals surface area contributed by atoms with Crippen molar-refractivity contribution >= 4 is 11.9 Å². The van der Waals surface area contributed by atoms with E-state index in [2.05, 4.69) is 43.5 Å². The number of rotatable bonds is 60. The average Bonchev–Trinajstić information content (AvgIpc) is 3.37. The molecule has 0 aromatic rings. The molecule has 0 saturated heterocycles. The minimum atomic E-state index is -0.670. The first kappa shape index (κ1) is 69.3. The number of esters is 1. The van der Waals surface area contributed by atoms with Crippen LogP contribution in [-0.2, 0) is 14.3 Å². The monoisotopic (exact) mass is 1000 g/mol. The Hall–Kier alpha value is -1.66. The zero-order chi connectivity index (χ0) is 51.4. The summed E-state index contributed by atoms with van der Waals surface area (Å²) in [5, 5.41) is 23.4. The fourth-order valence-electron chi connectivity index (χ4n) is 10.1. The molecule has 0 fully saturated rings. The lowest BCUT2D eigenvalue weighted by molar-refractivity contribution is -0.143. The predicted molar refractivity (Wildman–Crippen MR) is 310 cm³/mol. The molecule has 0 bridgehead atoms. The van der Waals surface area contributed by atoms with E-state index in [9.17, 15) is 19.8 Å². The van der Waals surface area contributed by atoms with Gasteiger partial charge in [-0.2, -0.15) is 0 Å². The number of hydrogen-bond acceptors (Lipinski definition) is 5. The summed E-state index contributed by atoms with van der Waals surface area (Å²) < 4.78 is 5.49. The standard InChI is InChI=1S/C65H125NO5/c1-3-5-7-9-11-13-15-17-19-21-22-23-24-26-29-33-37-41-45-49-53-57-63(68)62(61-67)66-64(69)58-54-50-46-42-38-34-30-27-28-32-36-40-44-48-52-56-60-71-65(70)59-55-51-47-43-39-35-31-25-20-18-16-14-12-10-8-6-4-2/h12,14,18,20,62-63,67-68H,3-11,13,15-17,19,21-61H2,1-2H3,(H,66,69)/b14-12-,20-18-. The lowest BCUT2D eigenvalue weighted by Gasteiger charge is -2.22. The summed E-state index contributed by atoms with van der Waals surface area (Å²) in [6, 6.07) is -0.548. The van der Waals surface area contributed by atoms with E-state index in [1.807, 2.05) is 0 Å². The molecule has 0 aliphatic heterocycles. The molecule has 0 saturated carbocycles. The van der Waals surface area contributed by atoms with Crippen molar-refractivity contribution in [1.82, 2.24) is 5.32 Å². The maximum absolute atomic E-state index is 12.5. The summed E-state index contributed by atoms with van der Waals surface area (Å²) in [6.45, 7) is 4.94. The van der Waals surface area contributed by atoms with Gasteiger partial charge in [-0.25, -0.2) is 0 Å². The number of allylic oxidation sites excluding steroid dienone is 4. The van der Waals surface area contributed by atoms with Gasteiger partial charge in [-0.3, -0.25) is 9.59 Å². The minimum absolute atomic E-state index is 0.00362. The summed E-state index contributed by atoms with van der Waals surface area (Å²) in [4.78, 5) is 24.6. The van der Waals surface area contributed by atoms with Crippen molar-refractivity contribution < 1.29 is 24.5 Å². The fraction of sp³-hybridized carbons (Fsp3) is 0.908. The van der Waals surface area contributed by atoms with Crippen LogP contribution in [0, 0.1) is 0 Å². The summed E-state index contributed by atoms with van der Waals surface area (Å²) >= 11 is 0. The number of amides is 1. The molecule has 0 aromatic heterocycles. The Morgan fingerprint density at radius 1 is 0.394 bits per heavy atom. The number of hydrogen-bond donors (Lipinski definition) is 3. The molecule has 0 heterocycles. The van der Waals surface area contributed by atoms with E-state index in [-0.39, 0.29) is 18.5 Å². The molecular weight excluding hydrogens is 875 g/mol.